The lowest BCUT2D eigenvalue weighted by Gasteiger charge is -2.32. The fourth-order valence-corrected chi connectivity index (χ4v) is 4.56. The molecule has 2 aromatic carbocycles. The SMILES string of the molecule is Cc1ccc(Cn2c(C)cc(C)c2C(=O)NC2CCN(Cc3ccccc3)CC2)cc1. The van der Waals surface area contributed by atoms with Crippen LogP contribution >= 0.6 is 0 Å². The summed E-state index contributed by atoms with van der Waals surface area (Å²) in [6, 6.07) is 21.5. The summed E-state index contributed by atoms with van der Waals surface area (Å²) in [6.07, 6.45) is 1.99. The maximum Gasteiger partial charge on any atom is 0.268 e. The highest BCUT2D eigenvalue weighted by molar-refractivity contribution is 5.94. The van der Waals surface area contributed by atoms with Crippen molar-refractivity contribution in [2.45, 2.75) is 52.7 Å². The second-order valence-corrected chi connectivity index (χ2v) is 8.90. The zero-order valence-electron chi connectivity index (χ0n) is 18.9. The average Bonchev–Trinajstić information content (AvgIpc) is 3.04. The van der Waals surface area contributed by atoms with Crippen molar-refractivity contribution in [1.82, 2.24) is 14.8 Å². The maximum absolute atomic E-state index is 13.2. The summed E-state index contributed by atoms with van der Waals surface area (Å²) in [6.45, 7) is 9.96. The van der Waals surface area contributed by atoms with Crippen molar-refractivity contribution in [2.75, 3.05) is 13.1 Å². The number of nitrogens with zero attached hydrogens (tertiary/aromatic N) is 2. The van der Waals surface area contributed by atoms with Crippen LogP contribution in [-0.2, 0) is 13.1 Å². The first-order valence-corrected chi connectivity index (χ1v) is 11.3. The molecule has 4 nitrogen and oxygen atoms in total. The Kier molecular flexibility index (Phi) is 6.57. The van der Waals surface area contributed by atoms with Crippen molar-refractivity contribution in [3.05, 3.63) is 94.3 Å². The number of piperidine rings is 1. The van der Waals surface area contributed by atoms with E-state index < -0.39 is 0 Å². The number of aromatic nitrogens is 1. The molecule has 1 aromatic heterocycles. The third-order valence-corrected chi connectivity index (χ3v) is 6.34. The van der Waals surface area contributed by atoms with Gasteiger partial charge in [-0.25, -0.2) is 0 Å². The molecular formula is C27H33N3O. The lowest BCUT2D eigenvalue weighted by Crippen LogP contribution is -2.44. The van der Waals surface area contributed by atoms with Crippen molar-refractivity contribution in [3.8, 4) is 0 Å². The predicted octanol–water partition coefficient (Wildman–Crippen LogP) is 4.86. The first kappa shape index (κ1) is 21.4. The van der Waals surface area contributed by atoms with Crippen molar-refractivity contribution >= 4 is 5.91 Å². The topological polar surface area (TPSA) is 37.3 Å². The molecule has 162 valence electrons. The van der Waals surface area contributed by atoms with E-state index in [0.29, 0.717) is 0 Å². The molecule has 0 bridgehead atoms. The Labute approximate surface area is 185 Å². The van der Waals surface area contributed by atoms with E-state index in [1.165, 1.54) is 16.7 Å². The van der Waals surface area contributed by atoms with E-state index in [0.717, 1.165) is 56.0 Å². The molecule has 1 aliphatic heterocycles. The monoisotopic (exact) mass is 415 g/mol. The van der Waals surface area contributed by atoms with E-state index in [4.69, 9.17) is 0 Å². The highest BCUT2D eigenvalue weighted by Crippen LogP contribution is 2.19. The van der Waals surface area contributed by atoms with E-state index in [-0.39, 0.29) is 11.9 Å². The van der Waals surface area contributed by atoms with Gasteiger partial charge in [-0.15, -0.1) is 0 Å². The minimum atomic E-state index is 0.0548. The van der Waals surface area contributed by atoms with E-state index in [1.807, 2.05) is 6.92 Å². The molecule has 0 spiro atoms. The van der Waals surface area contributed by atoms with E-state index in [9.17, 15) is 4.79 Å². The van der Waals surface area contributed by atoms with Gasteiger partial charge in [0.25, 0.3) is 5.91 Å². The Morgan fingerprint density at radius 2 is 1.55 bits per heavy atom. The molecule has 1 fully saturated rings. The summed E-state index contributed by atoms with van der Waals surface area (Å²) in [7, 11) is 0. The van der Waals surface area contributed by atoms with Crippen LogP contribution < -0.4 is 5.32 Å². The number of carbonyl (C=O) groups excluding carboxylic acids is 1. The van der Waals surface area contributed by atoms with Crippen LogP contribution in [0.1, 0.15) is 51.3 Å². The molecule has 1 aliphatic rings. The zero-order chi connectivity index (χ0) is 21.8. The molecule has 0 saturated carbocycles. The summed E-state index contributed by atoms with van der Waals surface area (Å²) < 4.78 is 2.15. The molecule has 4 heteroatoms. The van der Waals surface area contributed by atoms with Crippen LogP contribution in [0.4, 0.5) is 0 Å². The second-order valence-electron chi connectivity index (χ2n) is 8.90. The van der Waals surface area contributed by atoms with Crippen molar-refractivity contribution in [2.24, 2.45) is 0 Å². The highest BCUT2D eigenvalue weighted by Gasteiger charge is 2.24. The van der Waals surface area contributed by atoms with Gasteiger partial charge in [0.05, 0.1) is 0 Å². The van der Waals surface area contributed by atoms with Crippen LogP contribution in [0, 0.1) is 20.8 Å². The van der Waals surface area contributed by atoms with E-state index in [2.05, 4.69) is 89.3 Å². The number of hydrogen-bond acceptors (Lipinski definition) is 2. The molecule has 0 atom stereocenters. The molecule has 31 heavy (non-hydrogen) atoms. The van der Waals surface area contributed by atoms with Crippen molar-refractivity contribution < 1.29 is 4.79 Å². The Morgan fingerprint density at radius 1 is 0.903 bits per heavy atom. The van der Waals surface area contributed by atoms with Gasteiger partial charge in [-0.1, -0.05) is 60.2 Å². The van der Waals surface area contributed by atoms with Gasteiger partial charge in [0.1, 0.15) is 5.69 Å². The Balaban J connectivity index is 1.38. The van der Waals surface area contributed by atoms with Gasteiger partial charge in [0.2, 0.25) is 0 Å². The quantitative estimate of drug-likeness (QED) is 0.624. The van der Waals surface area contributed by atoms with Gasteiger partial charge in [0, 0.05) is 37.9 Å². The lowest BCUT2D eigenvalue weighted by atomic mass is 10.0. The standard InChI is InChI=1S/C27H33N3O/c1-20-9-11-24(12-10-20)19-30-22(3)17-21(2)26(30)27(31)28-25-13-15-29(16-14-25)18-23-7-5-4-6-8-23/h4-12,17,25H,13-16,18-19H2,1-3H3,(H,28,31). The van der Waals surface area contributed by atoms with Gasteiger partial charge >= 0.3 is 0 Å². The number of carbonyl (C=O) groups is 1. The predicted molar refractivity (Wildman–Crippen MR) is 126 cm³/mol. The first-order chi connectivity index (χ1) is 15.0. The van der Waals surface area contributed by atoms with E-state index in [1.54, 1.807) is 0 Å². The smallest absolute Gasteiger partial charge is 0.268 e. The van der Waals surface area contributed by atoms with Gasteiger partial charge in [0.15, 0.2) is 0 Å². The third kappa shape index (κ3) is 5.26. The van der Waals surface area contributed by atoms with Gasteiger partial charge in [-0.3, -0.25) is 9.69 Å². The average molecular weight is 416 g/mol. The van der Waals surface area contributed by atoms with Crippen LogP contribution in [0.2, 0.25) is 0 Å². The fraction of sp³-hybridized carbons (Fsp3) is 0.370. The molecule has 1 N–H and O–H groups in total. The minimum absolute atomic E-state index is 0.0548. The normalized spacial score (nSPS) is 15.2. The number of nitrogens with one attached hydrogen (secondary N) is 1. The highest BCUT2D eigenvalue weighted by atomic mass is 16.2. The molecule has 3 aromatic rings. The molecule has 0 unspecified atom stereocenters. The Hall–Kier alpha value is -2.85. The number of amides is 1. The van der Waals surface area contributed by atoms with Crippen molar-refractivity contribution in [3.63, 3.8) is 0 Å². The Morgan fingerprint density at radius 3 is 2.23 bits per heavy atom. The first-order valence-electron chi connectivity index (χ1n) is 11.3. The molecule has 4 rings (SSSR count). The van der Waals surface area contributed by atoms with Gasteiger partial charge in [-0.2, -0.15) is 0 Å². The van der Waals surface area contributed by atoms with Crippen molar-refractivity contribution in [1.29, 1.82) is 0 Å². The Bertz CT molecular complexity index is 1010. The van der Waals surface area contributed by atoms with Gasteiger partial charge < -0.3 is 9.88 Å². The number of likely N-dealkylation sites (tertiary alicyclic amines) is 1. The zero-order valence-corrected chi connectivity index (χ0v) is 18.9. The summed E-state index contributed by atoms with van der Waals surface area (Å²) in [5.41, 5.74) is 6.78. The minimum Gasteiger partial charge on any atom is -0.348 e. The van der Waals surface area contributed by atoms with E-state index >= 15 is 0 Å². The second kappa shape index (κ2) is 9.52. The number of rotatable bonds is 6. The number of benzene rings is 2. The number of hydrogen-bond donors (Lipinski definition) is 1. The molecule has 0 radical (unpaired) electrons. The fourth-order valence-electron chi connectivity index (χ4n) is 4.56. The molecule has 0 aliphatic carbocycles. The molecule has 2 heterocycles. The van der Waals surface area contributed by atoms with Crippen LogP contribution in [-0.4, -0.2) is 34.5 Å². The molecular weight excluding hydrogens is 382 g/mol. The molecule has 1 saturated heterocycles. The van der Waals surface area contributed by atoms with Crippen LogP contribution in [0.15, 0.2) is 60.7 Å². The summed E-state index contributed by atoms with van der Waals surface area (Å²) >= 11 is 0. The van der Waals surface area contributed by atoms with Crippen LogP contribution in [0.3, 0.4) is 0 Å². The van der Waals surface area contributed by atoms with Crippen LogP contribution in [0.5, 0.6) is 0 Å². The maximum atomic E-state index is 13.2. The summed E-state index contributed by atoms with van der Waals surface area (Å²) in [5.74, 6) is 0.0548. The van der Waals surface area contributed by atoms with Gasteiger partial charge in [-0.05, 0) is 56.4 Å². The lowest BCUT2D eigenvalue weighted by molar-refractivity contribution is 0.0899. The summed E-state index contributed by atoms with van der Waals surface area (Å²) in [4.78, 5) is 15.7. The number of aryl methyl sites for hydroxylation is 3. The molecule has 1 amide bonds. The third-order valence-electron chi connectivity index (χ3n) is 6.34. The largest absolute Gasteiger partial charge is 0.348 e. The van der Waals surface area contributed by atoms with Crippen LogP contribution in [0.25, 0.3) is 0 Å². The summed E-state index contributed by atoms with van der Waals surface area (Å²) in [5, 5.41) is 3.32.